The Labute approximate surface area is 142 Å². The molecular formula is C17H12N4O4. The molecule has 0 bridgehead atoms. The summed E-state index contributed by atoms with van der Waals surface area (Å²) in [5.74, 6) is -0.756. The minimum Gasteiger partial charge on any atom is -0.322 e. The molecule has 0 saturated heterocycles. The number of rotatable bonds is 4. The van der Waals surface area contributed by atoms with Crippen LogP contribution in [0.25, 0.3) is 0 Å². The van der Waals surface area contributed by atoms with Crippen molar-refractivity contribution in [1.82, 2.24) is 0 Å². The molecule has 124 valence electrons. The van der Waals surface area contributed by atoms with Crippen molar-refractivity contribution in [2.24, 2.45) is 10.2 Å². The van der Waals surface area contributed by atoms with E-state index in [4.69, 9.17) is 0 Å². The molecular weight excluding hydrogens is 324 g/mol. The third-order valence-electron chi connectivity index (χ3n) is 3.55. The number of nitrogens with one attached hydrogen (secondary N) is 1. The topological polar surface area (TPSA) is 114 Å². The summed E-state index contributed by atoms with van der Waals surface area (Å²) in [6.45, 7) is 0. The molecule has 1 N–H and O–H groups in total. The van der Waals surface area contributed by atoms with Crippen LogP contribution in [0.3, 0.4) is 0 Å². The smallest absolute Gasteiger partial charge is 0.287 e. The minimum atomic E-state index is -0.523. The van der Waals surface area contributed by atoms with Crippen LogP contribution in [0.5, 0.6) is 0 Å². The number of nitro groups is 1. The Bertz CT molecular complexity index is 870. The van der Waals surface area contributed by atoms with Crippen LogP contribution < -0.4 is 5.32 Å². The first-order chi connectivity index (χ1) is 12.0. The Morgan fingerprint density at radius 1 is 1.08 bits per heavy atom. The van der Waals surface area contributed by atoms with Gasteiger partial charge in [0.1, 0.15) is 6.04 Å². The van der Waals surface area contributed by atoms with Crippen LogP contribution in [0, 0.1) is 10.1 Å². The molecule has 0 aliphatic carbocycles. The highest BCUT2D eigenvalue weighted by Crippen LogP contribution is 2.24. The molecule has 1 unspecified atom stereocenters. The summed E-state index contributed by atoms with van der Waals surface area (Å²) in [4.78, 5) is 33.2. The maximum absolute atomic E-state index is 12.2. The highest BCUT2D eigenvalue weighted by molar-refractivity contribution is 6.04. The van der Waals surface area contributed by atoms with Gasteiger partial charge in [0.2, 0.25) is 0 Å². The molecule has 0 aromatic heterocycles. The van der Waals surface area contributed by atoms with E-state index in [2.05, 4.69) is 15.5 Å². The van der Waals surface area contributed by atoms with E-state index in [0.29, 0.717) is 11.3 Å². The zero-order valence-corrected chi connectivity index (χ0v) is 12.8. The molecule has 0 radical (unpaired) electrons. The van der Waals surface area contributed by atoms with Crippen molar-refractivity contribution in [2.75, 3.05) is 5.32 Å². The number of non-ortho nitro benzene ring substituents is 1. The summed E-state index contributed by atoms with van der Waals surface area (Å²) >= 11 is 0. The Kier molecular flexibility index (Phi) is 4.42. The summed E-state index contributed by atoms with van der Waals surface area (Å²) in [6, 6.07) is 12.0. The van der Waals surface area contributed by atoms with Crippen LogP contribution in [0.1, 0.15) is 22.0 Å². The Balaban J connectivity index is 1.67. The number of anilines is 1. The van der Waals surface area contributed by atoms with E-state index in [1.54, 1.807) is 30.3 Å². The number of nitrogens with zero attached hydrogens (tertiary/aromatic N) is 3. The number of amides is 2. The van der Waals surface area contributed by atoms with Crippen LogP contribution in [0.4, 0.5) is 11.4 Å². The van der Waals surface area contributed by atoms with Gasteiger partial charge in [0.05, 0.1) is 4.92 Å². The van der Waals surface area contributed by atoms with Crippen LogP contribution in [0.2, 0.25) is 0 Å². The largest absolute Gasteiger partial charge is 0.322 e. The van der Waals surface area contributed by atoms with Crippen molar-refractivity contribution in [3.05, 3.63) is 81.9 Å². The molecule has 2 aromatic rings. The van der Waals surface area contributed by atoms with Crippen LogP contribution >= 0.6 is 0 Å². The predicted octanol–water partition coefficient (Wildman–Crippen LogP) is 3.44. The molecule has 2 aromatic carbocycles. The Morgan fingerprint density at radius 2 is 1.76 bits per heavy atom. The molecule has 0 saturated carbocycles. The van der Waals surface area contributed by atoms with Gasteiger partial charge in [0, 0.05) is 29.5 Å². The second-order valence-electron chi connectivity index (χ2n) is 5.24. The standard InChI is InChI=1S/C17H12N4O4/c22-16-10-9-15(19-20-16)11-1-5-13(6-2-11)18-17(23)12-3-7-14(8-4-12)21(24)25/h1-10,15H,(H,18,23). The maximum atomic E-state index is 12.2. The number of benzene rings is 2. The molecule has 2 amide bonds. The van der Waals surface area contributed by atoms with E-state index >= 15 is 0 Å². The van der Waals surface area contributed by atoms with Gasteiger partial charge in [-0.25, -0.2) is 0 Å². The first kappa shape index (κ1) is 16.2. The average molecular weight is 336 g/mol. The van der Waals surface area contributed by atoms with Crippen molar-refractivity contribution in [2.45, 2.75) is 6.04 Å². The lowest BCUT2D eigenvalue weighted by atomic mass is 10.1. The monoisotopic (exact) mass is 336 g/mol. The van der Waals surface area contributed by atoms with Gasteiger partial charge in [-0.2, -0.15) is 5.11 Å². The third kappa shape index (κ3) is 3.81. The van der Waals surface area contributed by atoms with E-state index < -0.39 is 4.92 Å². The quantitative estimate of drug-likeness (QED) is 0.680. The van der Waals surface area contributed by atoms with Gasteiger partial charge in [-0.15, -0.1) is 5.11 Å². The average Bonchev–Trinajstić information content (AvgIpc) is 2.63. The first-order valence-electron chi connectivity index (χ1n) is 7.32. The molecule has 1 aliphatic rings. The van der Waals surface area contributed by atoms with Gasteiger partial charge < -0.3 is 5.32 Å². The number of carbonyl (C=O) groups is 2. The fraction of sp³-hybridized carbons (Fsp3) is 0.0588. The number of hydrogen-bond acceptors (Lipinski definition) is 5. The number of nitro benzene ring substituents is 1. The van der Waals surface area contributed by atoms with E-state index in [-0.39, 0.29) is 23.5 Å². The summed E-state index contributed by atoms with van der Waals surface area (Å²) < 4.78 is 0. The van der Waals surface area contributed by atoms with Gasteiger partial charge in [-0.1, -0.05) is 12.1 Å². The summed E-state index contributed by atoms with van der Waals surface area (Å²) in [6.07, 6.45) is 3.02. The van der Waals surface area contributed by atoms with E-state index in [9.17, 15) is 19.7 Å². The zero-order valence-electron chi connectivity index (χ0n) is 12.8. The molecule has 8 heteroatoms. The Hall–Kier alpha value is -3.68. The van der Waals surface area contributed by atoms with Crippen LogP contribution in [0.15, 0.2) is 70.9 Å². The van der Waals surface area contributed by atoms with Crippen molar-refractivity contribution >= 4 is 23.2 Å². The van der Waals surface area contributed by atoms with Gasteiger partial charge in [-0.3, -0.25) is 19.7 Å². The number of azo groups is 1. The summed E-state index contributed by atoms with van der Waals surface area (Å²) in [5.41, 5.74) is 1.65. The van der Waals surface area contributed by atoms with Crippen molar-refractivity contribution in [3.63, 3.8) is 0 Å². The fourth-order valence-corrected chi connectivity index (χ4v) is 2.24. The molecule has 0 spiro atoms. The second kappa shape index (κ2) is 6.83. The minimum absolute atomic E-state index is 0.0749. The molecule has 8 nitrogen and oxygen atoms in total. The van der Waals surface area contributed by atoms with Gasteiger partial charge in [0.25, 0.3) is 17.5 Å². The predicted molar refractivity (Wildman–Crippen MR) is 89.2 cm³/mol. The normalized spacial score (nSPS) is 15.8. The van der Waals surface area contributed by atoms with E-state index in [1.165, 1.54) is 30.3 Å². The summed E-state index contributed by atoms with van der Waals surface area (Å²) in [5, 5.41) is 20.7. The van der Waals surface area contributed by atoms with E-state index in [0.717, 1.165) is 5.56 Å². The first-order valence-corrected chi connectivity index (χ1v) is 7.32. The lowest BCUT2D eigenvalue weighted by Crippen LogP contribution is -2.11. The fourth-order valence-electron chi connectivity index (χ4n) is 2.24. The third-order valence-corrected chi connectivity index (χ3v) is 3.55. The number of hydrogen-bond donors (Lipinski definition) is 1. The van der Waals surface area contributed by atoms with Crippen molar-refractivity contribution in [3.8, 4) is 0 Å². The SMILES string of the molecule is O=C1C=CC(c2ccc(NC(=O)c3ccc([N+](=O)[O-])cc3)cc2)N=N1. The van der Waals surface area contributed by atoms with Gasteiger partial charge in [-0.05, 0) is 35.9 Å². The van der Waals surface area contributed by atoms with Crippen LogP contribution in [-0.2, 0) is 4.79 Å². The lowest BCUT2D eigenvalue weighted by molar-refractivity contribution is -0.384. The molecule has 1 aliphatic heterocycles. The van der Waals surface area contributed by atoms with Gasteiger partial charge >= 0.3 is 0 Å². The molecule has 1 atom stereocenters. The van der Waals surface area contributed by atoms with Gasteiger partial charge in [0.15, 0.2) is 0 Å². The van der Waals surface area contributed by atoms with Crippen molar-refractivity contribution in [1.29, 1.82) is 0 Å². The molecule has 1 heterocycles. The maximum Gasteiger partial charge on any atom is 0.287 e. The molecule has 3 rings (SSSR count). The van der Waals surface area contributed by atoms with Crippen LogP contribution in [-0.4, -0.2) is 16.7 Å². The highest BCUT2D eigenvalue weighted by atomic mass is 16.6. The second-order valence-corrected chi connectivity index (χ2v) is 5.24. The zero-order chi connectivity index (χ0) is 17.8. The van der Waals surface area contributed by atoms with Crippen molar-refractivity contribution < 1.29 is 14.5 Å². The Morgan fingerprint density at radius 3 is 2.32 bits per heavy atom. The summed E-state index contributed by atoms with van der Waals surface area (Å²) in [7, 11) is 0. The van der Waals surface area contributed by atoms with E-state index in [1.807, 2.05) is 0 Å². The molecule has 0 fully saturated rings. The number of carbonyl (C=O) groups excluding carboxylic acids is 2. The lowest BCUT2D eigenvalue weighted by Gasteiger charge is -2.10. The highest BCUT2D eigenvalue weighted by Gasteiger charge is 2.13. The molecule has 25 heavy (non-hydrogen) atoms.